The first kappa shape index (κ1) is 19.6. The van der Waals surface area contributed by atoms with Crippen LogP contribution in [0.25, 0.3) is 11.1 Å². The van der Waals surface area contributed by atoms with Gasteiger partial charge < -0.3 is 10.5 Å². The molecule has 0 amide bonds. The van der Waals surface area contributed by atoms with Crippen LogP contribution >= 0.6 is 0 Å². The highest BCUT2D eigenvalue weighted by Gasteiger charge is 2.28. The number of benzene rings is 1. The van der Waals surface area contributed by atoms with Crippen LogP contribution in [-0.2, 0) is 22.4 Å². The van der Waals surface area contributed by atoms with E-state index in [0.29, 0.717) is 12.0 Å². The number of hydrogen-bond donors (Lipinski definition) is 2. The zero-order valence-electron chi connectivity index (χ0n) is 15.9. The third-order valence-corrected chi connectivity index (χ3v) is 4.68. The Morgan fingerprint density at radius 1 is 1.27 bits per heavy atom. The Morgan fingerprint density at radius 3 is 2.46 bits per heavy atom. The molecule has 0 bridgehead atoms. The summed E-state index contributed by atoms with van der Waals surface area (Å²) in [6.45, 7) is 5.90. The number of rotatable bonds is 7. The average Bonchev–Trinajstić information content (AvgIpc) is 2.65. The van der Waals surface area contributed by atoms with E-state index in [-0.39, 0.29) is 11.8 Å². The van der Waals surface area contributed by atoms with E-state index in [0.717, 1.165) is 29.7 Å². The predicted octanol–water partition coefficient (Wildman–Crippen LogP) is 3.73. The number of carbonyl (C=O) groups is 1. The molecule has 0 aliphatic carbocycles. The van der Waals surface area contributed by atoms with Crippen molar-refractivity contribution in [2.45, 2.75) is 40.0 Å². The number of hydrogen-bond acceptors (Lipinski definition) is 4. The van der Waals surface area contributed by atoms with E-state index in [1.807, 2.05) is 44.3 Å². The number of aromatic nitrogens is 1. The highest BCUT2D eigenvalue weighted by atomic mass is 16.5. The quantitative estimate of drug-likeness (QED) is 0.451. The van der Waals surface area contributed by atoms with Gasteiger partial charge in [-0.25, -0.2) is 0 Å². The summed E-state index contributed by atoms with van der Waals surface area (Å²) in [7, 11) is 1.42. The highest BCUT2D eigenvalue weighted by Crippen LogP contribution is 2.27. The number of ether oxygens (including phenoxy) is 1. The van der Waals surface area contributed by atoms with Crippen molar-refractivity contribution in [3.63, 3.8) is 0 Å². The van der Waals surface area contributed by atoms with E-state index in [2.05, 4.69) is 18.0 Å². The van der Waals surface area contributed by atoms with Gasteiger partial charge in [0.2, 0.25) is 0 Å². The van der Waals surface area contributed by atoms with Gasteiger partial charge in [-0.1, -0.05) is 31.2 Å². The van der Waals surface area contributed by atoms with Crippen LogP contribution in [0.1, 0.15) is 44.0 Å². The van der Waals surface area contributed by atoms with E-state index in [9.17, 15) is 4.79 Å². The maximum Gasteiger partial charge on any atom is 0.311 e. The third-order valence-electron chi connectivity index (χ3n) is 4.68. The topological polar surface area (TPSA) is 89.1 Å². The molecule has 1 aromatic carbocycles. The fourth-order valence-corrected chi connectivity index (χ4v) is 2.88. The summed E-state index contributed by atoms with van der Waals surface area (Å²) in [6.07, 6.45) is 4.18. The van der Waals surface area contributed by atoms with Gasteiger partial charge in [0.1, 0.15) is 5.84 Å². The summed E-state index contributed by atoms with van der Waals surface area (Å²) in [4.78, 5) is 16.4. The first-order chi connectivity index (χ1) is 12.3. The number of amidine groups is 1. The van der Waals surface area contributed by atoms with E-state index >= 15 is 0 Å². The SMILES string of the molecule is CCc1cc(CCC(C)(C)C(=O)OC)ncc1-c1ccc(C(=N)N)cc1. The molecule has 3 N–H and O–H groups in total. The van der Waals surface area contributed by atoms with Crippen LogP contribution in [0.3, 0.4) is 0 Å². The van der Waals surface area contributed by atoms with Gasteiger partial charge in [-0.15, -0.1) is 0 Å². The lowest BCUT2D eigenvalue weighted by molar-refractivity contribution is -0.151. The largest absolute Gasteiger partial charge is 0.469 e. The van der Waals surface area contributed by atoms with Gasteiger partial charge in [0.25, 0.3) is 0 Å². The number of nitrogens with zero attached hydrogens (tertiary/aromatic N) is 1. The number of nitrogen functional groups attached to an aromatic ring is 1. The maximum atomic E-state index is 11.8. The number of methoxy groups -OCH3 is 1. The Hall–Kier alpha value is -2.69. The Bertz CT molecular complexity index is 795. The molecule has 138 valence electrons. The fourth-order valence-electron chi connectivity index (χ4n) is 2.88. The van der Waals surface area contributed by atoms with E-state index in [4.69, 9.17) is 15.9 Å². The summed E-state index contributed by atoms with van der Waals surface area (Å²) in [5.41, 5.74) is 10.0. The molecular weight excluding hydrogens is 326 g/mol. The molecule has 5 nitrogen and oxygen atoms in total. The smallest absolute Gasteiger partial charge is 0.311 e. The fraction of sp³-hybridized carbons (Fsp3) is 0.381. The lowest BCUT2D eigenvalue weighted by atomic mass is 9.87. The van der Waals surface area contributed by atoms with Crippen LogP contribution in [-0.4, -0.2) is 23.9 Å². The van der Waals surface area contributed by atoms with Crippen LogP contribution < -0.4 is 5.73 Å². The predicted molar refractivity (Wildman–Crippen MR) is 104 cm³/mol. The lowest BCUT2D eigenvalue weighted by Crippen LogP contribution is -2.26. The molecule has 2 aromatic rings. The summed E-state index contributed by atoms with van der Waals surface area (Å²) in [6, 6.07) is 9.75. The van der Waals surface area contributed by atoms with Crippen molar-refractivity contribution >= 4 is 11.8 Å². The van der Waals surface area contributed by atoms with Gasteiger partial charge in [-0.05, 0) is 50.3 Å². The molecule has 0 radical (unpaired) electrons. The lowest BCUT2D eigenvalue weighted by Gasteiger charge is -2.21. The summed E-state index contributed by atoms with van der Waals surface area (Å²) in [5.74, 6) is -0.135. The zero-order valence-corrected chi connectivity index (χ0v) is 15.9. The van der Waals surface area contributed by atoms with Crippen molar-refractivity contribution < 1.29 is 9.53 Å². The molecule has 2 rings (SSSR count). The van der Waals surface area contributed by atoms with Gasteiger partial charge >= 0.3 is 5.97 Å². The van der Waals surface area contributed by atoms with Crippen molar-refractivity contribution in [3.8, 4) is 11.1 Å². The summed E-state index contributed by atoms with van der Waals surface area (Å²) in [5, 5.41) is 7.49. The molecule has 0 spiro atoms. The molecular formula is C21H27N3O2. The Kier molecular flexibility index (Phi) is 6.14. The monoisotopic (exact) mass is 353 g/mol. The van der Waals surface area contributed by atoms with Crippen molar-refractivity contribution in [1.29, 1.82) is 5.41 Å². The number of nitrogens with two attached hydrogens (primary N) is 1. The minimum Gasteiger partial charge on any atom is -0.469 e. The Morgan fingerprint density at radius 2 is 1.92 bits per heavy atom. The summed E-state index contributed by atoms with van der Waals surface area (Å²) < 4.78 is 4.87. The van der Waals surface area contributed by atoms with Crippen LogP contribution in [0.15, 0.2) is 36.5 Å². The minimum atomic E-state index is -0.524. The molecule has 0 aliphatic rings. The molecule has 1 heterocycles. The normalized spacial score (nSPS) is 11.2. The average molecular weight is 353 g/mol. The van der Waals surface area contributed by atoms with Crippen molar-refractivity contribution in [1.82, 2.24) is 4.98 Å². The van der Waals surface area contributed by atoms with Gasteiger partial charge in [0.05, 0.1) is 12.5 Å². The van der Waals surface area contributed by atoms with Crippen LogP contribution in [0.5, 0.6) is 0 Å². The second kappa shape index (κ2) is 8.13. The first-order valence-corrected chi connectivity index (χ1v) is 8.79. The van der Waals surface area contributed by atoms with Crippen LogP contribution in [0.4, 0.5) is 0 Å². The molecule has 0 saturated carbocycles. The van der Waals surface area contributed by atoms with E-state index < -0.39 is 5.41 Å². The molecule has 0 aliphatic heterocycles. The van der Waals surface area contributed by atoms with Gasteiger partial charge in [-0.3, -0.25) is 15.2 Å². The maximum absolute atomic E-state index is 11.8. The van der Waals surface area contributed by atoms with Gasteiger partial charge in [0, 0.05) is 23.0 Å². The Balaban J connectivity index is 2.22. The highest BCUT2D eigenvalue weighted by molar-refractivity contribution is 5.95. The number of pyridine rings is 1. The summed E-state index contributed by atoms with van der Waals surface area (Å²) >= 11 is 0. The number of nitrogens with one attached hydrogen (secondary N) is 1. The van der Waals surface area contributed by atoms with Crippen molar-refractivity contribution in [2.24, 2.45) is 11.1 Å². The van der Waals surface area contributed by atoms with E-state index in [1.54, 1.807) is 0 Å². The molecule has 0 atom stereocenters. The number of carbonyl (C=O) groups excluding carboxylic acids is 1. The van der Waals surface area contributed by atoms with E-state index in [1.165, 1.54) is 12.7 Å². The molecule has 26 heavy (non-hydrogen) atoms. The number of esters is 1. The standard InChI is InChI=1S/C21H27N3O2/c1-5-14-12-17(10-11-21(2,3)20(25)26-4)24-13-18(14)15-6-8-16(9-7-15)19(22)23/h6-9,12-13H,5,10-11H2,1-4H3,(H3,22,23). The van der Waals surface area contributed by atoms with Crippen molar-refractivity contribution in [2.75, 3.05) is 7.11 Å². The number of aryl methyl sites for hydroxylation is 2. The van der Waals surface area contributed by atoms with Crippen molar-refractivity contribution in [3.05, 3.63) is 53.3 Å². The first-order valence-electron chi connectivity index (χ1n) is 8.79. The zero-order chi connectivity index (χ0) is 19.3. The minimum absolute atomic E-state index is 0.0639. The third kappa shape index (κ3) is 4.48. The van der Waals surface area contributed by atoms with Crippen LogP contribution in [0, 0.1) is 10.8 Å². The molecule has 0 fully saturated rings. The van der Waals surface area contributed by atoms with Gasteiger partial charge in [0.15, 0.2) is 0 Å². The second-order valence-electron chi connectivity index (χ2n) is 7.05. The van der Waals surface area contributed by atoms with Crippen LogP contribution in [0.2, 0.25) is 0 Å². The molecule has 5 heteroatoms. The Labute approximate surface area is 155 Å². The molecule has 1 aromatic heterocycles. The van der Waals surface area contributed by atoms with Gasteiger partial charge in [-0.2, -0.15) is 0 Å². The molecule has 0 unspecified atom stereocenters. The molecule has 0 saturated heterocycles. The second-order valence-corrected chi connectivity index (χ2v) is 7.05.